The molecule has 0 bridgehead atoms. The van der Waals surface area contributed by atoms with E-state index in [1.54, 1.807) is 0 Å². The van der Waals surface area contributed by atoms with Gasteiger partial charge in [0.1, 0.15) is 5.82 Å². The summed E-state index contributed by atoms with van der Waals surface area (Å²) < 4.78 is 5.03. The lowest BCUT2D eigenvalue weighted by Crippen LogP contribution is -2.48. The molecule has 6 nitrogen and oxygen atoms in total. The Hall–Kier alpha value is -1.66. The lowest BCUT2D eigenvalue weighted by atomic mass is 10.1. The molecule has 1 fully saturated rings. The van der Waals surface area contributed by atoms with Crippen molar-refractivity contribution >= 4 is 11.8 Å². The van der Waals surface area contributed by atoms with E-state index in [0.29, 0.717) is 13.2 Å². The maximum atomic E-state index is 11.5. The van der Waals surface area contributed by atoms with Crippen molar-refractivity contribution in [2.45, 2.75) is 45.4 Å². The Morgan fingerprint density at radius 3 is 2.78 bits per heavy atom. The van der Waals surface area contributed by atoms with Gasteiger partial charge in [0.05, 0.1) is 13.2 Å². The van der Waals surface area contributed by atoms with Crippen LogP contribution in [0.5, 0.6) is 0 Å². The molecule has 0 atom stereocenters. The molecule has 2 aliphatic heterocycles. The molecule has 3 rings (SSSR count). The van der Waals surface area contributed by atoms with Crippen molar-refractivity contribution in [1.82, 2.24) is 14.8 Å². The summed E-state index contributed by atoms with van der Waals surface area (Å²) in [5.41, 5.74) is 2.59. The van der Waals surface area contributed by atoms with Crippen LogP contribution in [0.1, 0.15) is 43.9 Å². The first kappa shape index (κ1) is 20.1. The summed E-state index contributed by atoms with van der Waals surface area (Å²) in [4.78, 5) is 21.0. The number of ether oxygens (including phenoxy) is 1. The topological polar surface area (TPSA) is 57.7 Å². The quantitative estimate of drug-likeness (QED) is 0.529. The fourth-order valence-corrected chi connectivity index (χ4v) is 3.89. The second-order valence-electron chi connectivity index (χ2n) is 7.57. The summed E-state index contributed by atoms with van der Waals surface area (Å²) in [5, 5.41) is 3.42. The van der Waals surface area contributed by atoms with Crippen LogP contribution in [0.3, 0.4) is 0 Å². The number of hydrogen-bond acceptors (Lipinski definition) is 6. The summed E-state index contributed by atoms with van der Waals surface area (Å²) in [7, 11) is 0. The van der Waals surface area contributed by atoms with E-state index in [9.17, 15) is 4.79 Å². The van der Waals surface area contributed by atoms with E-state index in [4.69, 9.17) is 9.72 Å². The number of carbonyl (C=O) groups is 1. The standard InChI is InChI=1S/C21H34N4O2/c1-2-27-20(26)17-25-15-13-24(14-16-25)12-5-3-4-8-19-10-9-18-7-6-11-22-21(18)23-19/h9-10H,2-8,11-17H2,1H3,(H,22,23). The zero-order chi connectivity index (χ0) is 18.9. The van der Waals surface area contributed by atoms with E-state index < -0.39 is 0 Å². The molecular formula is C21H34N4O2. The fraction of sp³-hybridized carbons (Fsp3) is 0.714. The van der Waals surface area contributed by atoms with Crippen LogP contribution in [-0.4, -0.2) is 73.2 Å². The lowest BCUT2D eigenvalue weighted by molar-refractivity contribution is -0.144. The minimum absolute atomic E-state index is 0.100. The third kappa shape index (κ3) is 6.47. The number of pyridine rings is 1. The minimum Gasteiger partial charge on any atom is -0.465 e. The second-order valence-corrected chi connectivity index (χ2v) is 7.57. The number of unbranched alkanes of at least 4 members (excludes halogenated alkanes) is 2. The van der Waals surface area contributed by atoms with Crippen molar-refractivity contribution in [2.24, 2.45) is 0 Å². The normalized spacial score (nSPS) is 18.0. The van der Waals surface area contributed by atoms with Crippen LogP contribution >= 0.6 is 0 Å². The summed E-state index contributed by atoms with van der Waals surface area (Å²) in [6.45, 7) is 9.00. The molecule has 6 heteroatoms. The Morgan fingerprint density at radius 1 is 1.15 bits per heavy atom. The molecule has 150 valence electrons. The van der Waals surface area contributed by atoms with Crippen molar-refractivity contribution < 1.29 is 9.53 Å². The number of hydrogen-bond donors (Lipinski definition) is 1. The molecule has 0 aliphatic carbocycles. The number of aryl methyl sites for hydroxylation is 2. The van der Waals surface area contributed by atoms with Crippen LogP contribution in [0.4, 0.5) is 5.82 Å². The van der Waals surface area contributed by atoms with Gasteiger partial charge in [0.2, 0.25) is 0 Å². The van der Waals surface area contributed by atoms with Gasteiger partial charge in [0.15, 0.2) is 0 Å². The minimum atomic E-state index is -0.100. The van der Waals surface area contributed by atoms with Crippen LogP contribution in [0.25, 0.3) is 0 Å². The SMILES string of the molecule is CCOC(=O)CN1CCN(CCCCCc2ccc3c(n2)NCCC3)CC1. The van der Waals surface area contributed by atoms with Crippen LogP contribution < -0.4 is 5.32 Å². The van der Waals surface area contributed by atoms with E-state index in [2.05, 4.69) is 27.2 Å². The van der Waals surface area contributed by atoms with Gasteiger partial charge in [0, 0.05) is 38.4 Å². The largest absolute Gasteiger partial charge is 0.465 e. The highest BCUT2D eigenvalue weighted by Crippen LogP contribution is 2.20. The second kappa shape index (κ2) is 10.6. The lowest BCUT2D eigenvalue weighted by Gasteiger charge is -2.34. The van der Waals surface area contributed by atoms with Crippen LogP contribution in [0.15, 0.2) is 12.1 Å². The molecule has 0 aromatic carbocycles. The number of fused-ring (bicyclic) bond motifs is 1. The Labute approximate surface area is 163 Å². The Balaban J connectivity index is 1.26. The number of nitrogens with one attached hydrogen (secondary N) is 1. The number of rotatable bonds is 9. The van der Waals surface area contributed by atoms with Crippen molar-refractivity contribution in [3.8, 4) is 0 Å². The van der Waals surface area contributed by atoms with Gasteiger partial charge >= 0.3 is 5.97 Å². The molecular weight excluding hydrogens is 340 g/mol. The van der Waals surface area contributed by atoms with E-state index in [-0.39, 0.29) is 5.97 Å². The zero-order valence-corrected chi connectivity index (χ0v) is 16.7. The smallest absolute Gasteiger partial charge is 0.320 e. The van der Waals surface area contributed by atoms with Crippen molar-refractivity contribution in [2.75, 3.05) is 57.7 Å². The first-order chi connectivity index (χ1) is 13.2. The van der Waals surface area contributed by atoms with Crippen LogP contribution in [0, 0.1) is 0 Å². The molecule has 3 heterocycles. The molecule has 1 saturated heterocycles. The highest BCUT2D eigenvalue weighted by Gasteiger charge is 2.19. The van der Waals surface area contributed by atoms with E-state index in [0.717, 1.165) is 57.9 Å². The number of piperazine rings is 1. The van der Waals surface area contributed by atoms with Crippen LogP contribution in [-0.2, 0) is 22.4 Å². The molecule has 1 N–H and O–H groups in total. The summed E-state index contributed by atoms with van der Waals surface area (Å²) in [6.07, 6.45) is 7.13. The van der Waals surface area contributed by atoms with Crippen molar-refractivity contribution in [3.05, 3.63) is 23.4 Å². The zero-order valence-electron chi connectivity index (χ0n) is 16.7. The van der Waals surface area contributed by atoms with E-state index in [1.807, 2.05) is 6.92 Å². The molecule has 0 radical (unpaired) electrons. The average molecular weight is 375 g/mol. The monoisotopic (exact) mass is 374 g/mol. The summed E-state index contributed by atoms with van der Waals surface area (Å²) >= 11 is 0. The molecule has 0 spiro atoms. The summed E-state index contributed by atoms with van der Waals surface area (Å²) in [6, 6.07) is 4.45. The van der Waals surface area contributed by atoms with Gasteiger partial charge in [-0.05, 0) is 57.2 Å². The Morgan fingerprint density at radius 2 is 1.96 bits per heavy atom. The molecule has 2 aliphatic rings. The molecule has 0 saturated carbocycles. The predicted octanol–water partition coefficient (Wildman–Crippen LogP) is 2.33. The summed E-state index contributed by atoms with van der Waals surface area (Å²) in [5.74, 6) is 1.01. The van der Waals surface area contributed by atoms with Crippen molar-refractivity contribution in [3.63, 3.8) is 0 Å². The third-order valence-corrected chi connectivity index (χ3v) is 5.48. The number of esters is 1. The molecule has 1 aromatic heterocycles. The maximum absolute atomic E-state index is 11.5. The van der Waals surface area contributed by atoms with Crippen LogP contribution in [0.2, 0.25) is 0 Å². The van der Waals surface area contributed by atoms with Gasteiger partial charge in [-0.3, -0.25) is 9.69 Å². The van der Waals surface area contributed by atoms with E-state index in [1.165, 1.54) is 36.9 Å². The molecule has 27 heavy (non-hydrogen) atoms. The Kier molecular flexibility index (Phi) is 7.90. The predicted molar refractivity (Wildman–Crippen MR) is 108 cm³/mol. The van der Waals surface area contributed by atoms with Gasteiger partial charge < -0.3 is 15.0 Å². The molecule has 1 aromatic rings. The number of carbonyl (C=O) groups excluding carboxylic acids is 1. The first-order valence-corrected chi connectivity index (χ1v) is 10.6. The van der Waals surface area contributed by atoms with E-state index >= 15 is 0 Å². The Bertz CT molecular complexity index is 600. The molecule has 0 unspecified atom stereocenters. The first-order valence-electron chi connectivity index (χ1n) is 10.6. The van der Waals surface area contributed by atoms with Crippen molar-refractivity contribution in [1.29, 1.82) is 0 Å². The maximum Gasteiger partial charge on any atom is 0.320 e. The number of aromatic nitrogens is 1. The van der Waals surface area contributed by atoms with Gasteiger partial charge in [-0.25, -0.2) is 4.98 Å². The van der Waals surface area contributed by atoms with Gasteiger partial charge in [0.25, 0.3) is 0 Å². The molecule has 0 amide bonds. The van der Waals surface area contributed by atoms with Gasteiger partial charge in [-0.2, -0.15) is 0 Å². The average Bonchev–Trinajstić information content (AvgIpc) is 2.69. The third-order valence-electron chi connectivity index (χ3n) is 5.48. The van der Waals surface area contributed by atoms with Gasteiger partial charge in [-0.15, -0.1) is 0 Å². The number of anilines is 1. The number of nitrogens with zero attached hydrogens (tertiary/aromatic N) is 3. The highest BCUT2D eigenvalue weighted by molar-refractivity contribution is 5.71. The van der Waals surface area contributed by atoms with Gasteiger partial charge in [-0.1, -0.05) is 12.5 Å². The highest BCUT2D eigenvalue weighted by atomic mass is 16.5. The fourth-order valence-electron chi connectivity index (χ4n) is 3.89.